The van der Waals surface area contributed by atoms with Crippen LogP contribution in [0.4, 0.5) is 4.39 Å². The van der Waals surface area contributed by atoms with Gasteiger partial charge in [-0.2, -0.15) is 5.26 Å². The van der Waals surface area contributed by atoms with Gasteiger partial charge in [-0.05, 0) is 49.6 Å². The van der Waals surface area contributed by atoms with Crippen LogP contribution in [0.2, 0.25) is 0 Å². The van der Waals surface area contributed by atoms with Crippen molar-refractivity contribution in [1.29, 1.82) is 5.26 Å². The van der Waals surface area contributed by atoms with E-state index in [1.54, 1.807) is 18.5 Å². The van der Waals surface area contributed by atoms with Gasteiger partial charge in [-0.1, -0.05) is 6.07 Å². The number of pyridine rings is 2. The molecule has 0 unspecified atom stereocenters. The molecule has 0 fully saturated rings. The van der Waals surface area contributed by atoms with E-state index in [1.807, 2.05) is 29.5 Å². The minimum Gasteiger partial charge on any atom is -0.493 e. The van der Waals surface area contributed by atoms with Crippen LogP contribution in [0.5, 0.6) is 11.5 Å². The standard InChI is InChI=1S/C25H19FN4O2/c1-14-17(3-2-8-28-14)19-9-23-21(30-11-16(10-27)29-25(19)30)6-4-18-20(26)5-7-22-24(18)15(12-31-22)13-32-23/h2-3,5,7-9,11,15H,4,6,12-13H2,1H3/t15-/m1/s1. The van der Waals surface area contributed by atoms with Gasteiger partial charge < -0.3 is 9.47 Å². The minimum absolute atomic E-state index is 0.0293. The molecule has 0 saturated carbocycles. The molecular weight excluding hydrogens is 407 g/mol. The predicted molar refractivity (Wildman–Crippen MR) is 115 cm³/mol. The molecule has 5 heterocycles. The van der Waals surface area contributed by atoms with Gasteiger partial charge in [0.05, 0.1) is 24.8 Å². The van der Waals surface area contributed by atoms with E-state index in [2.05, 4.69) is 16.0 Å². The lowest BCUT2D eigenvalue weighted by Gasteiger charge is -2.17. The quantitative estimate of drug-likeness (QED) is 0.452. The Morgan fingerprint density at radius 3 is 2.78 bits per heavy atom. The van der Waals surface area contributed by atoms with E-state index in [0.29, 0.717) is 48.7 Å². The van der Waals surface area contributed by atoms with Crippen LogP contribution in [-0.4, -0.2) is 27.6 Å². The summed E-state index contributed by atoms with van der Waals surface area (Å²) in [5.41, 5.74) is 6.10. The molecule has 6 nitrogen and oxygen atoms in total. The van der Waals surface area contributed by atoms with Crippen LogP contribution in [0.1, 0.15) is 34.1 Å². The molecule has 2 aliphatic rings. The molecular formula is C25H19FN4O2. The molecule has 3 aromatic heterocycles. The Kier molecular flexibility index (Phi) is 4.15. The average Bonchev–Trinajstić information content (AvgIpc) is 3.42. The number of hydrogen-bond acceptors (Lipinski definition) is 5. The van der Waals surface area contributed by atoms with Crippen molar-refractivity contribution in [2.24, 2.45) is 0 Å². The molecule has 32 heavy (non-hydrogen) atoms. The molecule has 0 radical (unpaired) electrons. The van der Waals surface area contributed by atoms with Gasteiger partial charge in [0.25, 0.3) is 0 Å². The van der Waals surface area contributed by atoms with Crippen molar-refractivity contribution in [3.63, 3.8) is 0 Å². The lowest BCUT2D eigenvalue weighted by Crippen LogP contribution is -2.13. The maximum Gasteiger partial charge on any atom is 0.159 e. The van der Waals surface area contributed by atoms with Crippen molar-refractivity contribution in [2.75, 3.05) is 13.2 Å². The first kappa shape index (κ1) is 18.8. The third-order valence-electron chi connectivity index (χ3n) is 6.37. The second kappa shape index (κ2) is 7.06. The van der Waals surface area contributed by atoms with E-state index in [0.717, 1.165) is 33.8 Å². The van der Waals surface area contributed by atoms with Gasteiger partial charge in [0, 0.05) is 34.8 Å². The Labute approximate surface area is 183 Å². The molecule has 0 N–H and O–H groups in total. The molecule has 6 rings (SSSR count). The summed E-state index contributed by atoms with van der Waals surface area (Å²) in [6.45, 7) is 2.80. The molecule has 0 spiro atoms. The summed E-state index contributed by atoms with van der Waals surface area (Å²) in [6.07, 6.45) is 4.52. The molecule has 0 bridgehead atoms. The van der Waals surface area contributed by atoms with Crippen LogP contribution >= 0.6 is 0 Å². The smallest absolute Gasteiger partial charge is 0.159 e. The van der Waals surface area contributed by atoms with Gasteiger partial charge in [0.1, 0.15) is 29.0 Å². The van der Waals surface area contributed by atoms with E-state index in [4.69, 9.17) is 9.47 Å². The molecule has 1 aromatic carbocycles. The Morgan fingerprint density at radius 1 is 1.12 bits per heavy atom. The van der Waals surface area contributed by atoms with Crippen molar-refractivity contribution in [3.8, 4) is 28.7 Å². The van der Waals surface area contributed by atoms with Gasteiger partial charge in [0.15, 0.2) is 5.69 Å². The monoisotopic (exact) mass is 426 g/mol. The Bertz CT molecular complexity index is 1440. The zero-order chi connectivity index (χ0) is 21.8. The van der Waals surface area contributed by atoms with Crippen molar-refractivity contribution in [1.82, 2.24) is 14.4 Å². The number of hydrogen-bond donors (Lipinski definition) is 0. The minimum atomic E-state index is -0.218. The second-order valence-corrected chi connectivity index (χ2v) is 8.19. The number of aromatic nitrogens is 3. The fourth-order valence-electron chi connectivity index (χ4n) is 4.85. The molecule has 0 saturated heterocycles. The number of benzene rings is 1. The maximum absolute atomic E-state index is 14.8. The lowest BCUT2D eigenvalue weighted by molar-refractivity contribution is 0.246. The zero-order valence-electron chi connectivity index (χ0n) is 17.4. The van der Waals surface area contributed by atoms with Gasteiger partial charge in [-0.3, -0.25) is 9.38 Å². The number of aryl methyl sites for hydroxylation is 2. The van der Waals surface area contributed by atoms with Crippen molar-refractivity contribution in [3.05, 3.63) is 76.8 Å². The van der Waals surface area contributed by atoms with Gasteiger partial charge in [0.2, 0.25) is 0 Å². The van der Waals surface area contributed by atoms with Crippen LogP contribution in [-0.2, 0) is 12.8 Å². The maximum atomic E-state index is 14.8. The fraction of sp³-hybridized carbons (Fsp3) is 0.240. The van der Waals surface area contributed by atoms with Gasteiger partial charge in [-0.25, -0.2) is 9.37 Å². The summed E-state index contributed by atoms with van der Waals surface area (Å²) >= 11 is 0. The topological polar surface area (TPSA) is 72.4 Å². The van der Waals surface area contributed by atoms with Gasteiger partial charge >= 0.3 is 0 Å². The normalized spacial score (nSPS) is 16.7. The highest BCUT2D eigenvalue weighted by Crippen LogP contribution is 2.41. The molecule has 0 amide bonds. The number of nitriles is 1. The molecule has 2 aliphatic heterocycles. The summed E-state index contributed by atoms with van der Waals surface area (Å²) in [6, 6.07) is 11.2. The first-order chi connectivity index (χ1) is 15.6. The van der Waals surface area contributed by atoms with Crippen LogP contribution in [0.15, 0.2) is 42.7 Å². The first-order valence-electron chi connectivity index (χ1n) is 10.6. The third kappa shape index (κ3) is 2.76. The summed E-state index contributed by atoms with van der Waals surface area (Å²) in [5.74, 6) is 1.20. The highest BCUT2D eigenvalue weighted by atomic mass is 19.1. The zero-order valence-corrected chi connectivity index (χ0v) is 17.4. The summed E-state index contributed by atoms with van der Waals surface area (Å²) in [4.78, 5) is 8.98. The highest BCUT2D eigenvalue weighted by Gasteiger charge is 2.31. The Morgan fingerprint density at radius 2 is 1.97 bits per heavy atom. The molecule has 1 atom stereocenters. The SMILES string of the molecule is Cc1ncccc1-c1cc2c(n3cc(C#N)nc13)CCc1c(F)ccc3c1[C@H](CO3)CO2. The van der Waals surface area contributed by atoms with Crippen LogP contribution in [0, 0.1) is 24.1 Å². The van der Waals surface area contributed by atoms with Crippen molar-refractivity contribution in [2.45, 2.75) is 25.7 Å². The van der Waals surface area contributed by atoms with E-state index >= 15 is 0 Å². The number of nitrogens with zero attached hydrogens (tertiary/aromatic N) is 4. The second-order valence-electron chi connectivity index (χ2n) is 8.19. The molecule has 0 aliphatic carbocycles. The highest BCUT2D eigenvalue weighted by molar-refractivity contribution is 5.81. The summed E-state index contributed by atoms with van der Waals surface area (Å²) in [7, 11) is 0. The largest absolute Gasteiger partial charge is 0.493 e. The number of imidazole rings is 1. The average molecular weight is 426 g/mol. The van der Waals surface area contributed by atoms with E-state index < -0.39 is 0 Å². The fourth-order valence-corrected chi connectivity index (χ4v) is 4.85. The van der Waals surface area contributed by atoms with Crippen LogP contribution in [0.25, 0.3) is 16.8 Å². The van der Waals surface area contributed by atoms with Crippen LogP contribution in [0.3, 0.4) is 0 Å². The summed E-state index contributed by atoms with van der Waals surface area (Å²) in [5, 5.41) is 9.51. The van der Waals surface area contributed by atoms with Crippen LogP contribution < -0.4 is 9.47 Å². The number of halogens is 1. The van der Waals surface area contributed by atoms with Crippen molar-refractivity contribution >= 4 is 5.65 Å². The number of ether oxygens (including phenoxy) is 2. The molecule has 7 heteroatoms. The van der Waals surface area contributed by atoms with E-state index in [1.165, 1.54) is 6.07 Å². The Hall–Kier alpha value is -3.92. The predicted octanol–water partition coefficient (Wildman–Crippen LogP) is 4.37. The lowest BCUT2D eigenvalue weighted by atomic mass is 9.93. The number of fused-ring (bicyclic) bond motifs is 3. The first-order valence-corrected chi connectivity index (χ1v) is 10.6. The van der Waals surface area contributed by atoms with E-state index in [-0.39, 0.29) is 11.7 Å². The molecule has 4 aromatic rings. The summed E-state index contributed by atoms with van der Waals surface area (Å²) < 4.78 is 28.9. The Balaban J connectivity index is 1.57. The molecule has 158 valence electrons. The third-order valence-corrected chi connectivity index (χ3v) is 6.37. The number of rotatable bonds is 1. The van der Waals surface area contributed by atoms with E-state index in [9.17, 15) is 9.65 Å². The van der Waals surface area contributed by atoms with Crippen molar-refractivity contribution < 1.29 is 13.9 Å². The van der Waals surface area contributed by atoms with Gasteiger partial charge in [-0.15, -0.1) is 0 Å².